The predicted molar refractivity (Wildman–Crippen MR) is 84.3 cm³/mol. The van der Waals surface area contributed by atoms with Crippen molar-refractivity contribution in [3.8, 4) is 11.5 Å². The van der Waals surface area contributed by atoms with E-state index in [0.717, 1.165) is 18.8 Å². The molecule has 5 heteroatoms. The molecular weight excluding hydrogens is 268 g/mol. The highest BCUT2D eigenvalue weighted by Gasteiger charge is 2.17. The molecule has 1 unspecified atom stereocenters. The number of aliphatic hydroxyl groups excluding tert-OH is 1. The van der Waals surface area contributed by atoms with Crippen LogP contribution in [-0.2, 0) is 0 Å². The highest BCUT2D eigenvalue weighted by Crippen LogP contribution is 2.30. The summed E-state index contributed by atoms with van der Waals surface area (Å²) in [5, 5.41) is 12.4. The second-order valence-corrected chi connectivity index (χ2v) is 5.59. The van der Waals surface area contributed by atoms with Crippen LogP contribution in [0.2, 0.25) is 0 Å². The fourth-order valence-corrected chi connectivity index (χ4v) is 2.76. The number of rotatable bonds is 7. The Balaban J connectivity index is 1.93. The third-order valence-electron chi connectivity index (χ3n) is 3.83. The summed E-state index contributed by atoms with van der Waals surface area (Å²) in [5.41, 5.74) is 1.02. The van der Waals surface area contributed by atoms with Crippen molar-refractivity contribution in [2.75, 3.05) is 52.3 Å². The average Bonchev–Trinajstić information content (AvgIpc) is 2.51. The molecule has 5 nitrogen and oxygen atoms in total. The van der Waals surface area contributed by atoms with E-state index in [4.69, 9.17) is 14.6 Å². The summed E-state index contributed by atoms with van der Waals surface area (Å²) in [6.07, 6.45) is 2.55. The SMILES string of the molecule is COc1ccc(NCC2CCCN(C)C2)cc1OCCO. The molecule has 1 aliphatic heterocycles. The first-order valence-corrected chi connectivity index (χ1v) is 7.57. The summed E-state index contributed by atoms with van der Waals surface area (Å²) in [7, 11) is 3.80. The summed E-state index contributed by atoms with van der Waals surface area (Å²) in [4.78, 5) is 2.39. The van der Waals surface area contributed by atoms with E-state index in [1.54, 1.807) is 7.11 Å². The number of methoxy groups -OCH3 is 1. The Kier molecular flexibility index (Phi) is 6.14. The van der Waals surface area contributed by atoms with E-state index in [9.17, 15) is 0 Å². The number of hydrogen-bond acceptors (Lipinski definition) is 5. The molecule has 1 aromatic rings. The molecule has 1 heterocycles. The quantitative estimate of drug-likeness (QED) is 0.803. The Morgan fingerprint density at radius 2 is 2.24 bits per heavy atom. The van der Waals surface area contributed by atoms with Gasteiger partial charge in [-0.1, -0.05) is 0 Å². The fourth-order valence-electron chi connectivity index (χ4n) is 2.76. The normalized spacial score (nSPS) is 19.3. The Bertz CT molecular complexity index is 440. The molecule has 0 aliphatic carbocycles. The molecule has 1 fully saturated rings. The van der Waals surface area contributed by atoms with Crippen LogP contribution in [-0.4, -0.2) is 57.0 Å². The van der Waals surface area contributed by atoms with Gasteiger partial charge < -0.3 is 24.8 Å². The second kappa shape index (κ2) is 8.10. The minimum absolute atomic E-state index is 0.00474. The molecule has 0 amide bonds. The number of benzene rings is 1. The molecule has 0 aromatic heterocycles. The van der Waals surface area contributed by atoms with E-state index in [1.165, 1.54) is 19.4 Å². The van der Waals surface area contributed by atoms with Crippen molar-refractivity contribution in [1.29, 1.82) is 0 Å². The number of piperidine rings is 1. The van der Waals surface area contributed by atoms with Gasteiger partial charge in [-0.25, -0.2) is 0 Å². The zero-order valence-electron chi connectivity index (χ0n) is 13.0. The number of nitrogens with zero attached hydrogens (tertiary/aromatic N) is 1. The zero-order valence-corrected chi connectivity index (χ0v) is 13.0. The summed E-state index contributed by atoms with van der Waals surface area (Å²) < 4.78 is 10.8. The maximum Gasteiger partial charge on any atom is 0.163 e. The van der Waals surface area contributed by atoms with Gasteiger partial charge in [-0.2, -0.15) is 0 Å². The van der Waals surface area contributed by atoms with Crippen LogP contribution in [0.3, 0.4) is 0 Å². The van der Waals surface area contributed by atoms with Crippen LogP contribution in [0.1, 0.15) is 12.8 Å². The van der Waals surface area contributed by atoms with Crippen molar-refractivity contribution in [1.82, 2.24) is 4.90 Å². The second-order valence-electron chi connectivity index (χ2n) is 5.59. The fraction of sp³-hybridized carbons (Fsp3) is 0.625. The first-order chi connectivity index (χ1) is 10.2. The number of ether oxygens (including phenoxy) is 2. The summed E-state index contributed by atoms with van der Waals surface area (Å²) in [6.45, 7) is 3.59. The van der Waals surface area contributed by atoms with Gasteiger partial charge in [0.15, 0.2) is 11.5 Å². The van der Waals surface area contributed by atoms with E-state index >= 15 is 0 Å². The van der Waals surface area contributed by atoms with Gasteiger partial charge >= 0.3 is 0 Å². The average molecular weight is 294 g/mol. The topological polar surface area (TPSA) is 54.0 Å². The molecule has 0 bridgehead atoms. The maximum absolute atomic E-state index is 8.87. The Morgan fingerprint density at radius 1 is 1.38 bits per heavy atom. The molecular formula is C16H26N2O3. The lowest BCUT2D eigenvalue weighted by Gasteiger charge is -2.30. The molecule has 2 rings (SSSR count). The van der Waals surface area contributed by atoms with Crippen LogP contribution in [0.25, 0.3) is 0 Å². The lowest BCUT2D eigenvalue weighted by atomic mass is 9.98. The van der Waals surface area contributed by atoms with E-state index in [-0.39, 0.29) is 13.2 Å². The van der Waals surface area contributed by atoms with Crippen LogP contribution in [0.15, 0.2) is 18.2 Å². The molecule has 1 aromatic carbocycles. The minimum Gasteiger partial charge on any atom is -0.493 e. The van der Waals surface area contributed by atoms with Gasteiger partial charge in [0.2, 0.25) is 0 Å². The van der Waals surface area contributed by atoms with Crippen molar-refractivity contribution in [2.24, 2.45) is 5.92 Å². The third-order valence-corrected chi connectivity index (χ3v) is 3.83. The van der Waals surface area contributed by atoms with Crippen molar-refractivity contribution < 1.29 is 14.6 Å². The van der Waals surface area contributed by atoms with Crippen molar-refractivity contribution in [2.45, 2.75) is 12.8 Å². The van der Waals surface area contributed by atoms with Crippen molar-refractivity contribution in [3.05, 3.63) is 18.2 Å². The van der Waals surface area contributed by atoms with E-state index < -0.39 is 0 Å². The number of hydrogen-bond donors (Lipinski definition) is 2. The number of likely N-dealkylation sites (tertiary alicyclic amines) is 1. The lowest BCUT2D eigenvalue weighted by Crippen LogP contribution is -2.35. The summed E-state index contributed by atoms with van der Waals surface area (Å²) >= 11 is 0. The van der Waals surface area contributed by atoms with Gasteiger partial charge in [-0.15, -0.1) is 0 Å². The van der Waals surface area contributed by atoms with Crippen LogP contribution < -0.4 is 14.8 Å². The van der Waals surface area contributed by atoms with Gasteiger partial charge in [0.05, 0.1) is 13.7 Å². The molecule has 0 radical (unpaired) electrons. The number of aliphatic hydroxyl groups is 1. The van der Waals surface area contributed by atoms with Crippen LogP contribution in [0.4, 0.5) is 5.69 Å². The van der Waals surface area contributed by atoms with Gasteiger partial charge in [0.25, 0.3) is 0 Å². The highest BCUT2D eigenvalue weighted by atomic mass is 16.5. The van der Waals surface area contributed by atoms with E-state index in [0.29, 0.717) is 17.4 Å². The van der Waals surface area contributed by atoms with E-state index in [1.807, 2.05) is 18.2 Å². The molecule has 1 saturated heterocycles. The molecule has 118 valence electrons. The molecule has 1 aliphatic rings. The molecule has 0 saturated carbocycles. The third kappa shape index (κ3) is 4.79. The zero-order chi connectivity index (χ0) is 15.1. The maximum atomic E-state index is 8.87. The Morgan fingerprint density at radius 3 is 2.95 bits per heavy atom. The first-order valence-electron chi connectivity index (χ1n) is 7.57. The predicted octanol–water partition coefficient (Wildman–Crippen LogP) is 1.82. The summed E-state index contributed by atoms with van der Waals surface area (Å²) in [6, 6.07) is 5.82. The van der Waals surface area contributed by atoms with Gasteiger partial charge in [0, 0.05) is 24.8 Å². The highest BCUT2D eigenvalue weighted by molar-refractivity contribution is 5.54. The summed E-state index contributed by atoms with van der Waals surface area (Å²) in [5.74, 6) is 2.04. The Hall–Kier alpha value is -1.46. The molecule has 0 spiro atoms. The smallest absolute Gasteiger partial charge is 0.163 e. The van der Waals surface area contributed by atoms with Crippen LogP contribution >= 0.6 is 0 Å². The standard InChI is InChI=1S/C16H26N2O3/c1-18-7-3-4-13(12-18)11-17-14-5-6-15(20-2)16(10-14)21-9-8-19/h5-6,10,13,17,19H,3-4,7-9,11-12H2,1-2H3. The monoisotopic (exact) mass is 294 g/mol. The van der Waals surface area contributed by atoms with Crippen molar-refractivity contribution >= 4 is 5.69 Å². The van der Waals surface area contributed by atoms with Crippen LogP contribution in [0, 0.1) is 5.92 Å². The Labute approximate surface area is 126 Å². The number of nitrogens with one attached hydrogen (secondary N) is 1. The van der Waals surface area contributed by atoms with Crippen molar-refractivity contribution in [3.63, 3.8) is 0 Å². The van der Waals surface area contributed by atoms with Gasteiger partial charge in [0.1, 0.15) is 6.61 Å². The lowest BCUT2D eigenvalue weighted by molar-refractivity contribution is 0.196. The molecule has 1 atom stereocenters. The van der Waals surface area contributed by atoms with Gasteiger partial charge in [-0.05, 0) is 44.5 Å². The number of anilines is 1. The first kappa shape index (κ1) is 15.9. The van der Waals surface area contributed by atoms with E-state index in [2.05, 4.69) is 17.3 Å². The molecule has 21 heavy (non-hydrogen) atoms. The van der Waals surface area contributed by atoms with Crippen LogP contribution in [0.5, 0.6) is 11.5 Å². The van der Waals surface area contributed by atoms with Gasteiger partial charge in [-0.3, -0.25) is 0 Å². The minimum atomic E-state index is -0.00474. The largest absolute Gasteiger partial charge is 0.493 e. The molecule has 2 N–H and O–H groups in total.